The number of benzene rings is 1. The van der Waals surface area contributed by atoms with E-state index in [-0.39, 0.29) is 11.9 Å². The van der Waals surface area contributed by atoms with Gasteiger partial charge < -0.3 is 5.32 Å². The molecule has 0 spiro atoms. The van der Waals surface area contributed by atoms with Crippen molar-refractivity contribution in [3.05, 3.63) is 52.8 Å². The maximum atomic E-state index is 12.4. The predicted molar refractivity (Wildman–Crippen MR) is 113 cm³/mol. The molecule has 1 aliphatic rings. The van der Waals surface area contributed by atoms with Gasteiger partial charge in [0.05, 0.1) is 11.7 Å². The van der Waals surface area contributed by atoms with Gasteiger partial charge in [-0.25, -0.2) is 0 Å². The summed E-state index contributed by atoms with van der Waals surface area (Å²) in [5.41, 5.74) is 4.81. The lowest BCUT2D eigenvalue weighted by Gasteiger charge is -2.32. The van der Waals surface area contributed by atoms with Gasteiger partial charge in [0.2, 0.25) is 5.91 Å². The van der Waals surface area contributed by atoms with Crippen molar-refractivity contribution in [2.24, 2.45) is 5.92 Å². The number of hydrogen-bond donors (Lipinski definition) is 1. The lowest BCUT2D eigenvalue weighted by molar-refractivity contribution is -0.122. The molecule has 1 amide bonds. The maximum Gasteiger partial charge on any atom is 0.222 e. The molecule has 0 bridgehead atoms. The molecule has 1 fully saturated rings. The molecule has 2 heterocycles. The molecule has 0 aliphatic carbocycles. The third kappa shape index (κ3) is 5.68. The number of aryl methyl sites for hydroxylation is 3. The fourth-order valence-electron chi connectivity index (χ4n) is 4.08. The van der Waals surface area contributed by atoms with E-state index in [1.54, 1.807) is 0 Å². The number of amides is 1. The van der Waals surface area contributed by atoms with Gasteiger partial charge >= 0.3 is 0 Å². The van der Waals surface area contributed by atoms with Gasteiger partial charge in [-0.3, -0.25) is 14.4 Å². The number of aromatic nitrogens is 2. The van der Waals surface area contributed by atoms with Crippen LogP contribution in [0.25, 0.3) is 0 Å². The van der Waals surface area contributed by atoms with Crippen molar-refractivity contribution in [3.8, 4) is 0 Å². The largest absolute Gasteiger partial charge is 0.356 e. The molecule has 28 heavy (non-hydrogen) atoms. The monoisotopic (exact) mass is 382 g/mol. The summed E-state index contributed by atoms with van der Waals surface area (Å²) in [5, 5.41) is 7.64. The van der Waals surface area contributed by atoms with Gasteiger partial charge in [0.15, 0.2) is 0 Å². The third-order valence-electron chi connectivity index (χ3n) is 5.76. The quantitative estimate of drug-likeness (QED) is 0.793. The van der Waals surface area contributed by atoms with Crippen molar-refractivity contribution in [1.82, 2.24) is 20.0 Å². The van der Waals surface area contributed by atoms with Gasteiger partial charge in [-0.1, -0.05) is 29.8 Å². The second-order valence-corrected chi connectivity index (χ2v) is 8.43. The average molecular weight is 383 g/mol. The van der Waals surface area contributed by atoms with Crippen LogP contribution in [0.1, 0.15) is 54.7 Å². The van der Waals surface area contributed by atoms with E-state index in [2.05, 4.69) is 59.5 Å². The van der Waals surface area contributed by atoms with E-state index in [0.717, 1.165) is 50.4 Å². The number of piperidine rings is 1. The number of nitrogens with zero attached hydrogens (tertiary/aromatic N) is 3. The zero-order valence-corrected chi connectivity index (χ0v) is 17.7. The molecule has 5 nitrogen and oxygen atoms in total. The van der Waals surface area contributed by atoms with Gasteiger partial charge in [-0.05, 0) is 71.2 Å². The summed E-state index contributed by atoms with van der Waals surface area (Å²) in [6, 6.07) is 11.0. The minimum absolute atomic E-state index is 0.0880. The highest BCUT2D eigenvalue weighted by Gasteiger charge is 2.20. The predicted octanol–water partition coefficient (Wildman–Crippen LogP) is 3.79. The Hall–Kier alpha value is -2.14. The second-order valence-electron chi connectivity index (χ2n) is 8.43. The summed E-state index contributed by atoms with van der Waals surface area (Å²) in [6.07, 6.45) is 2.78. The Morgan fingerprint density at radius 2 is 1.86 bits per heavy atom. The van der Waals surface area contributed by atoms with Crippen LogP contribution in [-0.2, 0) is 11.3 Å². The highest BCUT2D eigenvalue weighted by Crippen LogP contribution is 2.19. The van der Waals surface area contributed by atoms with Crippen LogP contribution in [-0.4, -0.2) is 40.2 Å². The Morgan fingerprint density at radius 1 is 1.18 bits per heavy atom. The van der Waals surface area contributed by atoms with Crippen LogP contribution in [0.5, 0.6) is 0 Å². The van der Waals surface area contributed by atoms with Gasteiger partial charge in [0.25, 0.3) is 0 Å². The molecule has 5 heteroatoms. The molecular formula is C23H34N4O. The van der Waals surface area contributed by atoms with E-state index in [1.165, 1.54) is 11.1 Å². The number of hydrogen-bond acceptors (Lipinski definition) is 3. The maximum absolute atomic E-state index is 12.4. The fourth-order valence-corrected chi connectivity index (χ4v) is 4.08. The molecule has 152 valence electrons. The van der Waals surface area contributed by atoms with Crippen molar-refractivity contribution in [2.75, 3.05) is 19.6 Å². The van der Waals surface area contributed by atoms with Crippen molar-refractivity contribution in [2.45, 2.75) is 59.5 Å². The molecule has 1 atom stereocenters. The minimum atomic E-state index is 0.0880. The van der Waals surface area contributed by atoms with Crippen LogP contribution in [0.2, 0.25) is 0 Å². The Balaban J connectivity index is 1.37. The summed E-state index contributed by atoms with van der Waals surface area (Å²) in [7, 11) is 0. The zero-order chi connectivity index (χ0) is 20.1. The lowest BCUT2D eigenvalue weighted by atomic mass is 9.96. The van der Waals surface area contributed by atoms with Crippen LogP contribution < -0.4 is 5.32 Å². The highest BCUT2D eigenvalue weighted by molar-refractivity contribution is 5.76. The first kappa shape index (κ1) is 20.6. The van der Waals surface area contributed by atoms with Crippen molar-refractivity contribution >= 4 is 5.91 Å². The molecule has 1 N–H and O–H groups in total. The summed E-state index contributed by atoms with van der Waals surface area (Å²) in [5.74, 6) is 0.712. The SMILES string of the molecule is Cc1ccc(CN2CCC(CNC(=O)C[C@H](C)n3nc(C)cc3C)CC2)cc1. The van der Waals surface area contributed by atoms with Gasteiger partial charge in [0, 0.05) is 25.2 Å². The van der Waals surface area contributed by atoms with Crippen molar-refractivity contribution in [3.63, 3.8) is 0 Å². The molecule has 1 aromatic carbocycles. The van der Waals surface area contributed by atoms with Crippen LogP contribution in [0.3, 0.4) is 0 Å². The van der Waals surface area contributed by atoms with Gasteiger partial charge in [0.1, 0.15) is 0 Å². The molecule has 1 saturated heterocycles. The number of nitrogens with one attached hydrogen (secondary N) is 1. The molecule has 0 saturated carbocycles. The van der Waals surface area contributed by atoms with E-state index in [0.29, 0.717) is 12.3 Å². The summed E-state index contributed by atoms with van der Waals surface area (Å²) >= 11 is 0. The van der Waals surface area contributed by atoms with E-state index in [1.807, 2.05) is 18.5 Å². The smallest absolute Gasteiger partial charge is 0.222 e. The first-order valence-electron chi connectivity index (χ1n) is 10.5. The summed E-state index contributed by atoms with van der Waals surface area (Å²) in [6.45, 7) is 12.2. The van der Waals surface area contributed by atoms with Crippen molar-refractivity contribution < 1.29 is 4.79 Å². The third-order valence-corrected chi connectivity index (χ3v) is 5.76. The van der Waals surface area contributed by atoms with Crippen LogP contribution in [0.15, 0.2) is 30.3 Å². The Kier molecular flexibility index (Phi) is 6.89. The zero-order valence-electron chi connectivity index (χ0n) is 17.7. The second kappa shape index (κ2) is 9.37. The van der Waals surface area contributed by atoms with Gasteiger partial charge in [-0.2, -0.15) is 5.10 Å². The lowest BCUT2D eigenvalue weighted by Crippen LogP contribution is -2.38. The first-order chi connectivity index (χ1) is 13.4. The average Bonchev–Trinajstić information content (AvgIpc) is 3.01. The Bertz CT molecular complexity index is 772. The Morgan fingerprint density at radius 3 is 2.46 bits per heavy atom. The molecule has 2 aromatic rings. The first-order valence-corrected chi connectivity index (χ1v) is 10.5. The van der Waals surface area contributed by atoms with E-state index in [9.17, 15) is 4.79 Å². The number of rotatable bonds is 7. The number of likely N-dealkylation sites (tertiary alicyclic amines) is 1. The molecule has 0 unspecified atom stereocenters. The van der Waals surface area contributed by atoms with E-state index < -0.39 is 0 Å². The normalized spacial score (nSPS) is 16.9. The minimum Gasteiger partial charge on any atom is -0.356 e. The molecule has 1 aromatic heterocycles. The highest BCUT2D eigenvalue weighted by atomic mass is 16.1. The van der Waals surface area contributed by atoms with Crippen LogP contribution in [0, 0.1) is 26.7 Å². The van der Waals surface area contributed by atoms with E-state index >= 15 is 0 Å². The molecule has 0 radical (unpaired) electrons. The standard InChI is InChI=1S/C23H34N4O/c1-17-5-7-22(8-6-17)16-26-11-9-21(10-12-26)15-24-23(28)14-20(4)27-19(3)13-18(2)25-27/h5-8,13,20-21H,9-12,14-16H2,1-4H3,(H,24,28)/t20-/m0/s1. The summed E-state index contributed by atoms with van der Waals surface area (Å²) in [4.78, 5) is 14.9. The topological polar surface area (TPSA) is 50.2 Å². The molecule has 1 aliphatic heterocycles. The van der Waals surface area contributed by atoms with Crippen molar-refractivity contribution in [1.29, 1.82) is 0 Å². The van der Waals surface area contributed by atoms with Crippen LogP contribution >= 0.6 is 0 Å². The Labute approximate surface area is 169 Å². The summed E-state index contributed by atoms with van der Waals surface area (Å²) < 4.78 is 1.96. The fraction of sp³-hybridized carbons (Fsp3) is 0.565. The molecular weight excluding hydrogens is 348 g/mol. The van der Waals surface area contributed by atoms with Crippen LogP contribution in [0.4, 0.5) is 0 Å². The molecule has 3 rings (SSSR count). The van der Waals surface area contributed by atoms with Gasteiger partial charge in [-0.15, -0.1) is 0 Å². The number of carbonyl (C=O) groups excluding carboxylic acids is 1. The number of carbonyl (C=O) groups is 1. The van der Waals surface area contributed by atoms with E-state index in [4.69, 9.17) is 0 Å².